The summed E-state index contributed by atoms with van der Waals surface area (Å²) >= 11 is 0.705. The van der Waals surface area contributed by atoms with Gasteiger partial charge in [0.25, 0.3) is 5.91 Å². The Kier molecular flexibility index (Phi) is 5.52. The third-order valence-corrected chi connectivity index (χ3v) is 5.59. The number of carbonyl (C=O) groups excluding carboxylic acids is 2. The first-order valence-electron chi connectivity index (χ1n) is 9.15. The van der Waals surface area contributed by atoms with E-state index in [0.29, 0.717) is 17.4 Å². The van der Waals surface area contributed by atoms with Crippen molar-refractivity contribution in [3.8, 4) is 5.75 Å². The maximum absolute atomic E-state index is 14.5. The normalized spacial score (nSPS) is 15.7. The van der Waals surface area contributed by atoms with Crippen molar-refractivity contribution in [1.29, 1.82) is 0 Å². The Bertz CT molecular complexity index is 1200. The van der Waals surface area contributed by atoms with Crippen LogP contribution in [0.1, 0.15) is 18.4 Å². The molecule has 1 aliphatic rings. The summed E-state index contributed by atoms with van der Waals surface area (Å²) in [6.07, 6.45) is -1.69. The maximum atomic E-state index is 14.5. The number of halogens is 4. The van der Waals surface area contributed by atoms with E-state index in [-0.39, 0.29) is 34.3 Å². The van der Waals surface area contributed by atoms with Gasteiger partial charge in [-0.2, -0.15) is 0 Å². The molecule has 0 saturated heterocycles. The Morgan fingerprint density at radius 3 is 2.74 bits per heavy atom. The van der Waals surface area contributed by atoms with Gasteiger partial charge in [0.1, 0.15) is 27.8 Å². The van der Waals surface area contributed by atoms with Gasteiger partial charge in [0.15, 0.2) is 23.6 Å². The van der Waals surface area contributed by atoms with Crippen LogP contribution in [0.15, 0.2) is 24.3 Å². The molecule has 0 spiro atoms. The van der Waals surface area contributed by atoms with Crippen LogP contribution in [0.4, 0.5) is 23.2 Å². The van der Waals surface area contributed by atoms with Gasteiger partial charge in [-0.25, -0.2) is 22.5 Å². The van der Waals surface area contributed by atoms with Crippen molar-refractivity contribution < 1.29 is 36.6 Å². The summed E-state index contributed by atoms with van der Waals surface area (Å²) in [5, 5.41) is 0.0396. The molecule has 0 N–H and O–H groups in total. The number of para-hydroxylation sites is 1. The zero-order chi connectivity index (χ0) is 22.3. The predicted octanol–water partition coefficient (Wildman–Crippen LogP) is 4.10. The first-order chi connectivity index (χ1) is 14.8. The lowest BCUT2D eigenvalue weighted by Crippen LogP contribution is -2.47. The summed E-state index contributed by atoms with van der Waals surface area (Å²) in [5.41, 5.74) is -0.714. The Morgan fingerprint density at radius 2 is 2.00 bits per heavy atom. The zero-order valence-electron chi connectivity index (χ0n) is 16.0. The molecule has 1 amide bonds. The molecule has 1 aliphatic heterocycles. The van der Waals surface area contributed by atoms with E-state index in [1.165, 1.54) is 12.1 Å². The Labute approximate surface area is 177 Å². The maximum Gasteiger partial charge on any atom is 0.310 e. The lowest BCUT2D eigenvalue weighted by atomic mass is 10.1. The smallest absolute Gasteiger partial charge is 0.310 e. The number of rotatable bonds is 5. The highest BCUT2D eigenvalue weighted by atomic mass is 32.1. The van der Waals surface area contributed by atoms with Gasteiger partial charge in [0.2, 0.25) is 0 Å². The van der Waals surface area contributed by atoms with Gasteiger partial charge in [-0.3, -0.25) is 14.5 Å². The highest BCUT2D eigenvalue weighted by molar-refractivity contribution is 7.18. The van der Waals surface area contributed by atoms with Crippen LogP contribution in [0.5, 0.6) is 5.75 Å². The van der Waals surface area contributed by atoms with Gasteiger partial charge >= 0.3 is 5.97 Å². The lowest BCUT2D eigenvalue weighted by Gasteiger charge is -2.33. The lowest BCUT2D eigenvalue weighted by molar-refractivity contribution is -0.147. The molecule has 0 bridgehead atoms. The molecule has 3 aromatic rings. The van der Waals surface area contributed by atoms with Crippen LogP contribution >= 0.6 is 11.3 Å². The van der Waals surface area contributed by atoms with Crippen LogP contribution in [0.3, 0.4) is 0 Å². The van der Waals surface area contributed by atoms with E-state index in [2.05, 4.69) is 4.98 Å². The third-order valence-electron chi connectivity index (χ3n) is 4.54. The molecule has 31 heavy (non-hydrogen) atoms. The Hall–Kier alpha value is -3.21. The average Bonchev–Trinajstić information content (AvgIpc) is 3.14. The number of aromatic nitrogens is 1. The Balaban J connectivity index is 1.73. The zero-order valence-corrected chi connectivity index (χ0v) is 16.8. The summed E-state index contributed by atoms with van der Waals surface area (Å²) < 4.78 is 66.2. The number of hydrogen-bond donors (Lipinski definition) is 0. The van der Waals surface area contributed by atoms with E-state index in [9.17, 15) is 27.2 Å². The summed E-state index contributed by atoms with van der Waals surface area (Å²) in [6, 6.07) is 4.31. The molecule has 2 heterocycles. The molecule has 4 rings (SSSR count). The van der Waals surface area contributed by atoms with Crippen molar-refractivity contribution in [2.75, 3.05) is 11.5 Å². The first kappa shape index (κ1) is 21.0. The first-order valence-corrected chi connectivity index (χ1v) is 9.96. The topological polar surface area (TPSA) is 68.7 Å². The van der Waals surface area contributed by atoms with Crippen LogP contribution in [0.25, 0.3) is 10.2 Å². The number of hydrogen-bond acceptors (Lipinski definition) is 6. The molecule has 0 aliphatic carbocycles. The van der Waals surface area contributed by atoms with Crippen LogP contribution in [0, 0.1) is 23.3 Å². The summed E-state index contributed by atoms with van der Waals surface area (Å²) in [5.74, 6) is -5.91. The van der Waals surface area contributed by atoms with Crippen molar-refractivity contribution in [2.24, 2.45) is 0 Å². The highest BCUT2D eigenvalue weighted by Gasteiger charge is 2.38. The number of esters is 1. The molecule has 0 fully saturated rings. The minimum atomic E-state index is -1.39. The van der Waals surface area contributed by atoms with E-state index in [4.69, 9.17) is 9.47 Å². The fourth-order valence-electron chi connectivity index (χ4n) is 3.23. The fourth-order valence-corrected chi connectivity index (χ4v) is 4.18. The monoisotopic (exact) mass is 454 g/mol. The van der Waals surface area contributed by atoms with Crippen LogP contribution < -0.4 is 9.64 Å². The predicted molar refractivity (Wildman–Crippen MR) is 103 cm³/mol. The minimum absolute atomic E-state index is 0.0124. The highest BCUT2D eigenvalue weighted by Crippen LogP contribution is 2.39. The number of nitrogens with zero attached hydrogens (tertiary/aromatic N) is 2. The summed E-state index contributed by atoms with van der Waals surface area (Å²) in [6.45, 7) is 1.34. The van der Waals surface area contributed by atoms with E-state index >= 15 is 0 Å². The van der Waals surface area contributed by atoms with Gasteiger partial charge < -0.3 is 9.47 Å². The molecule has 11 heteroatoms. The SMILES string of the molecule is CCOC(=O)CC1Oc2cccc(F)c2N(Cc2nc3c(F)c(F)cc(F)c3s2)C1=O. The van der Waals surface area contributed by atoms with Gasteiger partial charge in [-0.1, -0.05) is 6.07 Å². The molecule has 0 saturated carbocycles. The Morgan fingerprint density at radius 1 is 1.23 bits per heavy atom. The second-order valence-electron chi connectivity index (χ2n) is 6.57. The van der Waals surface area contributed by atoms with Gasteiger partial charge in [-0.05, 0) is 19.1 Å². The summed E-state index contributed by atoms with van der Waals surface area (Å²) in [4.78, 5) is 29.7. The van der Waals surface area contributed by atoms with E-state index in [1.807, 2.05) is 0 Å². The van der Waals surface area contributed by atoms with E-state index in [1.54, 1.807) is 6.92 Å². The quantitative estimate of drug-likeness (QED) is 0.330. The van der Waals surface area contributed by atoms with Crippen LogP contribution in [0.2, 0.25) is 0 Å². The van der Waals surface area contributed by atoms with E-state index < -0.39 is 53.2 Å². The number of carbonyl (C=O) groups is 2. The van der Waals surface area contributed by atoms with Crippen molar-refractivity contribution >= 4 is 39.1 Å². The molecular formula is C20H14F4N2O4S. The summed E-state index contributed by atoms with van der Waals surface area (Å²) in [7, 11) is 0. The number of anilines is 1. The largest absolute Gasteiger partial charge is 0.478 e. The number of ether oxygens (including phenoxy) is 2. The molecule has 0 radical (unpaired) electrons. The van der Waals surface area contributed by atoms with Crippen molar-refractivity contribution in [3.63, 3.8) is 0 Å². The molecule has 1 atom stereocenters. The number of thiazole rings is 1. The van der Waals surface area contributed by atoms with Crippen LogP contribution in [-0.4, -0.2) is 29.6 Å². The third kappa shape index (κ3) is 3.80. The molecule has 2 aromatic carbocycles. The van der Waals surface area contributed by atoms with Gasteiger partial charge in [0, 0.05) is 6.07 Å². The molecule has 1 aromatic heterocycles. The number of amides is 1. The van der Waals surface area contributed by atoms with Gasteiger partial charge in [-0.15, -0.1) is 11.3 Å². The molecule has 1 unspecified atom stereocenters. The second-order valence-corrected chi connectivity index (χ2v) is 7.65. The van der Waals surface area contributed by atoms with Crippen LogP contribution in [-0.2, 0) is 20.9 Å². The standard InChI is InChI=1S/C20H14F4N2O4S/c1-2-29-15(27)7-13-20(28)26(18-9(21)4-3-5-12(18)30-13)8-14-25-17-16(24)10(22)6-11(23)19(17)31-14/h3-6,13H,2,7-8H2,1H3. The van der Waals surface area contributed by atoms with E-state index in [0.717, 1.165) is 11.0 Å². The van der Waals surface area contributed by atoms with Crippen molar-refractivity contribution in [2.45, 2.75) is 26.0 Å². The number of benzene rings is 2. The molecule has 6 nitrogen and oxygen atoms in total. The number of fused-ring (bicyclic) bond motifs is 2. The van der Waals surface area contributed by atoms with Gasteiger partial charge in [0.05, 0.1) is 24.3 Å². The van der Waals surface area contributed by atoms with Crippen molar-refractivity contribution in [3.05, 3.63) is 52.5 Å². The fraction of sp³-hybridized carbons (Fsp3) is 0.250. The second kappa shape index (κ2) is 8.14. The molecule has 162 valence electrons. The average molecular weight is 454 g/mol. The van der Waals surface area contributed by atoms with Crippen molar-refractivity contribution in [1.82, 2.24) is 4.98 Å². The minimum Gasteiger partial charge on any atom is -0.478 e. The molecular weight excluding hydrogens is 440 g/mol.